The Morgan fingerprint density at radius 1 is 1.38 bits per heavy atom. The number of rotatable bonds is 3. The predicted octanol–water partition coefficient (Wildman–Crippen LogP) is 3.76. The summed E-state index contributed by atoms with van der Waals surface area (Å²) in [5, 5.41) is 8.30. The Hall–Kier alpha value is -1.83. The fourth-order valence-electron chi connectivity index (χ4n) is 1.07. The Labute approximate surface area is 96.9 Å². The largest absolute Gasteiger partial charge is 0.478 e. The maximum absolute atomic E-state index is 10.1. The fourth-order valence-corrected chi connectivity index (χ4v) is 1.07. The number of allylic oxidation sites excluding steroid dienone is 1. The van der Waals surface area contributed by atoms with E-state index in [4.69, 9.17) is 5.11 Å². The zero-order valence-corrected chi connectivity index (χ0v) is 9.81. The standard InChI is InChI=1S/C8H8.C6H10O2/c1-2-8-6-4-3-5-7-8;1-3-5(4-2)6(7)8/h2-7H,1H2;3H,4H2,1-2H3,(H,7,8)/b;5-3+. The van der Waals surface area contributed by atoms with E-state index in [9.17, 15) is 4.79 Å². The molecule has 0 aromatic heterocycles. The molecule has 0 aliphatic rings. The zero-order valence-electron chi connectivity index (χ0n) is 9.81. The summed E-state index contributed by atoms with van der Waals surface area (Å²) in [7, 11) is 0. The van der Waals surface area contributed by atoms with E-state index in [1.165, 1.54) is 5.56 Å². The molecule has 0 saturated carbocycles. The molecule has 0 spiro atoms. The molecule has 0 fully saturated rings. The predicted molar refractivity (Wildman–Crippen MR) is 68.2 cm³/mol. The third-order valence-corrected chi connectivity index (χ3v) is 2.04. The molecule has 0 aliphatic heterocycles. The second-order valence-corrected chi connectivity index (χ2v) is 3.09. The summed E-state index contributed by atoms with van der Waals surface area (Å²) in [6, 6.07) is 10.0. The lowest BCUT2D eigenvalue weighted by atomic mass is 10.2. The summed E-state index contributed by atoms with van der Waals surface area (Å²) in [5.74, 6) is -0.810. The van der Waals surface area contributed by atoms with Gasteiger partial charge in [0.2, 0.25) is 0 Å². The van der Waals surface area contributed by atoms with E-state index in [2.05, 4.69) is 6.58 Å². The van der Waals surface area contributed by atoms with Crippen LogP contribution in [0.5, 0.6) is 0 Å². The van der Waals surface area contributed by atoms with E-state index in [-0.39, 0.29) is 0 Å². The molecule has 0 unspecified atom stereocenters. The molecule has 1 aromatic carbocycles. The number of carboxylic acid groups (broad SMARTS) is 1. The van der Waals surface area contributed by atoms with Crippen LogP contribution in [0.15, 0.2) is 48.6 Å². The van der Waals surface area contributed by atoms with Gasteiger partial charge in [-0.2, -0.15) is 0 Å². The second-order valence-electron chi connectivity index (χ2n) is 3.09. The minimum atomic E-state index is -0.810. The minimum absolute atomic E-state index is 0.477. The third kappa shape index (κ3) is 5.81. The van der Waals surface area contributed by atoms with Crippen LogP contribution in [0.3, 0.4) is 0 Å². The number of hydrogen-bond acceptors (Lipinski definition) is 1. The average molecular weight is 218 g/mol. The SMILES string of the molecule is C/C=C(\CC)C(=O)O.C=Cc1ccccc1. The summed E-state index contributed by atoms with van der Waals surface area (Å²) >= 11 is 0. The van der Waals surface area contributed by atoms with Gasteiger partial charge in [0.15, 0.2) is 0 Å². The van der Waals surface area contributed by atoms with Crippen molar-refractivity contribution in [3.05, 3.63) is 54.1 Å². The van der Waals surface area contributed by atoms with Crippen LogP contribution in [0.1, 0.15) is 25.8 Å². The van der Waals surface area contributed by atoms with Gasteiger partial charge in [-0.25, -0.2) is 4.79 Å². The Morgan fingerprint density at radius 3 is 2.12 bits per heavy atom. The summed E-state index contributed by atoms with van der Waals surface area (Å²) in [6.45, 7) is 7.18. The molecule has 0 amide bonds. The molecule has 2 nitrogen and oxygen atoms in total. The van der Waals surface area contributed by atoms with Crippen molar-refractivity contribution >= 4 is 12.0 Å². The van der Waals surface area contributed by atoms with Crippen LogP contribution in [-0.2, 0) is 4.79 Å². The highest BCUT2D eigenvalue weighted by molar-refractivity contribution is 5.86. The van der Waals surface area contributed by atoms with Gasteiger partial charge >= 0.3 is 5.97 Å². The maximum Gasteiger partial charge on any atom is 0.331 e. The van der Waals surface area contributed by atoms with Gasteiger partial charge in [-0.05, 0) is 18.9 Å². The number of aliphatic carboxylic acids is 1. The maximum atomic E-state index is 10.1. The molecule has 0 atom stereocenters. The lowest BCUT2D eigenvalue weighted by molar-refractivity contribution is -0.132. The van der Waals surface area contributed by atoms with Gasteiger partial charge in [0.1, 0.15) is 0 Å². The summed E-state index contributed by atoms with van der Waals surface area (Å²) < 4.78 is 0. The summed E-state index contributed by atoms with van der Waals surface area (Å²) in [4.78, 5) is 10.1. The molecule has 0 heterocycles. The molecule has 0 bridgehead atoms. The Balaban J connectivity index is 0.000000281. The van der Waals surface area contributed by atoms with Crippen molar-refractivity contribution in [3.8, 4) is 0 Å². The zero-order chi connectivity index (χ0) is 12.4. The van der Waals surface area contributed by atoms with E-state index in [0.29, 0.717) is 12.0 Å². The van der Waals surface area contributed by atoms with E-state index >= 15 is 0 Å². The van der Waals surface area contributed by atoms with Crippen molar-refractivity contribution < 1.29 is 9.90 Å². The van der Waals surface area contributed by atoms with Crippen molar-refractivity contribution in [2.45, 2.75) is 20.3 Å². The molecule has 1 N–H and O–H groups in total. The number of benzene rings is 1. The quantitative estimate of drug-likeness (QED) is 0.784. The molecule has 16 heavy (non-hydrogen) atoms. The lowest BCUT2D eigenvalue weighted by Crippen LogP contribution is -1.97. The molecular weight excluding hydrogens is 200 g/mol. The van der Waals surface area contributed by atoms with E-state index in [1.807, 2.05) is 43.3 Å². The average Bonchev–Trinajstić information content (AvgIpc) is 2.32. The van der Waals surface area contributed by atoms with Crippen LogP contribution in [0, 0.1) is 0 Å². The van der Waals surface area contributed by atoms with Crippen LogP contribution in [0.25, 0.3) is 6.08 Å². The van der Waals surface area contributed by atoms with Crippen LogP contribution in [0.2, 0.25) is 0 Å². The monoisotopic (exact) mass is 218 g/mol. The van der Waals surface area contributed by atoms with Crippen molar-refractivity contribution in [2.24, 2.45) is 0 Å². The molecular formula is C14H18O2. The first kappa shape index (κ1) is 14.2. The van der Waals surface area contributed by atoms with Crippen molar-refractivity contribution in [3.63, 3.8) is 0 Å². The molecule has 0 aliphatic carbocycles. The summed E-state index contributed by atoms with van der Waals surface area (Å²) in [5.41, 5.74) is 1.65. The first-order chi connectivity index (χ1) is 7.65. The third-order valence-electron chi connectivity index (χ3n) is 2.04. The van der Waals surface area contributed by atoms with Gasteiger partial charge in [0, 0.05) is 5.57 Å². The molecule has 1 aromatic rings. The molecule has 2 heteroatoms. The van der Waals surface area contributed by atoms with E-state index < -0.39 is 5.97 Å². The van der Waals surface area contributed by atoms with Crippen molar-refractivity contribution in [2.75, 3.05) is 0 Å². The number of carbonyl (C=O) groups is 1. The molecule has 0 radical (unpaired) electrons. The summed E-state index contributed by atoms with van der Waals surface area (Å²) in [6.07, 6.45) is 4.05. The first-order valence-corrected chi connectivity index (χ1v) is 5.21. The molecule has 86 valence electrons. The highest BCUT2D eigenvalue weighted by Crippen LogP contribution is 1.98. The van der Waals surface area contributed by atoms with Gasteiger partial charge in [-0.1, -0.05) is 56.0 Å². The fraction of sp³-hybridized carbons (Fsp3) is 0.214. The van der Waals surface area contributed by atoms with Crippen LogP contribution in [-0.4, -0.2) is 11.1 Å². The van der Waals surface area contributed by atoms with Gasteiger partial charge < -0.3 is 5.11 Å². The van der Waals surface area contributed by atoms with E-state index in [0.717, 1.165) is 0 Å². The highest BCUT2D eigenvalue weighted by Gasteiger charge is 1.99. The first-order valence-electron chi connectivity index (χ1n) is 5.21. The minimum Gasteiger partial charge on any atom is -0.478 e. The number of carboxylic acids is 1. The Bertz CT molecular complexity index is 350. The van der Waals surface area contributed by atoms with Crippen LogP contribution < -0.4 is 0 Å². The normalized spacial score (nSPS) is 10.0. The van der Waals surface area contributed by atoms with Crippen LogP contribution >= 0.6 is 0 Å². The van der Waals surface area contributed by atoms with Crippen molar-refractivity contribution in [1.82, 2.24) is 0 Å². The van der Waals surface area contributed by atoms with E-state index in [1.54, 1.807) is 13.0 Å². The van der Waals surface area contributed by atoms with Gasteiger partial charge in [0.05, 0.1) is 0 Å². The Morgan fingerprint density at radius 2 is 1.94 bits per heavy atom. The van der Waals surface area contributed by atoms with Crippen molar-refractivity contribution in [1.29, 1.82) is 0 Å². The molecule has 0 saturated heterocycles. The second kappa shape index (κ2) is 8.48. The van der Waals surface area contributed by atoms with Gasteiger partial charge in [-0.3, -0.25) is 0 Å². The van der Waals surface area contributed by atoms with Crippen LogP contribution in [0.4, 0.5) is 0 Å². The van der Waals surface area contributed by atoms with Gasteiger partial charge in [-0.15, -0.1) is 0 Å². The highest BCUT2D eigenvalue weighted by atomic mass is 16.4. The molecule has 1 rings (SSSR count). The smallest absolute Gasteiger partial charge is 0.331 e. The number of hydrogen-bond donors (Lipinski definition) is 1. The Kier molecular flexibility index (Phi) is 7.51. The topological polar surface area (TPSA) is 37.3 Å². The lowest BCUT2D eigenvalue weighted by Gasteiger charge is -1.91. The van der Waals surface area contributed by atoms with Gasteiger partial charge in [0.25, 0.3) is 0 Å².